The van der Waals surface area contributed by atoms with Crippen LogP contribution >= 0.6 is 22.7 Å². The average molecular weight is 930 g/mol. The molecule has 7 heteroatoms. The Morgan fingerprint density at radius 1 is 0.371 bits per heavy atom. The lowest BCUT2D eigenvalue weighted by molar-refractivity contribution is 0.998. The first-order valence-electron chi connectivity index (χ1n) is 23.8. The normalized spacial score (nSPS) is 12.8. The van der Waals surface area contributed by atoms with Crippen LogP contribution in [0.5, 0.6) is 0 Å². The molecular weight excluding hydrogens is 891 g/mol. The largest absolute Gasteiger partial charge is 0.309 e. The smallest absolute Gasteiger partial charge is 0.164 e. The maximum absolute atomic E-state index is 5.07. The number of hydrogen-bond donors (Lipinski definition) is 0. The molecule has 0 saturated carbocycles. The van der Waals surface area contributed by atoms with Crippen LogP contribution in [-0.4, -0.2) is 24.1 Å². The molecular formula is C63H39N5S2. The molecule has 1 aliphatic carbocycles. The molecule has 0 radical (unpaired) electrons. The molecule has 0 amide bonds. The molecule has 5 aromatic heterocycles. The third-order valence-electron chi connectivity index (χ3n) is 14.2. The minimum absolute atomic E-state index is 0.655. The Morgan fingerprint density at radius 2 is 0.929 bits per heavy atom. The van der Waals surface area contributed by atoms with Gasteiger partial charge in [-0.3, -0.25) is 0 Å². The molecule has 5 heterocycles. The second kappa shape index (κ2) is 15.5. The first-order valence-corrected chi connectivity index (χ1v) is 25.4. The van der Waals surface area contributed by atoms with Gasteiger partial charge in [-0.2, -0.15) is 0 Å². The molecule has 70 heavy (non-hydrogen) atoms. The van der Waals surface area contributed by atoms with E-state index in [0.29, 0.717) is 17.5 Å². The minimum atomic E-state index is 0.655. The van der Waals surface area contributed by atoms with E-state index in [0.717, 1.165) is 35.2 Å². The van der Waals surface area contributed by atoms with Crippen molar-refractivity contribution in [2.24, 2.45) is 0 Å². The van der Waals surface area contributed by atoms with Gasteiger partial charge in [-0.15, -0.1) is 22.7 Å². The van der Waals surface area contributed by atoms with Crippen LogP contribution in [0.15, 0.2) is 212 Å². The van der Waals surface area contributed by atoms with E-state index in [1.807, 2.05) is 59.1 Å². The zero-order valence-electron chi connectivity index (χ0n) is 37.7. The van der Waals surface area contributed by atoms with Crippen molar-refractivity contribution in [3.63, 3.8) is 0 Å². The summed E-state index contributed by atoms with van der Waals surface area (Å²) in [7, 11) is 0. The summed E-state index contributed by atoms with van der Waals surface area (Å²) in [5.74, 6) is 1.97. The van der Waals surface area contributed by atoms with Crippen molar-refractivity contribution >= 4 is 102 Å². The Bertz CT molecular complexity index is 4400. The summed E-state index contributed by atoms with van der Waals surface area (Å²) in [4.78, 5) is 16.5. The molecule has 0 atom stereocenters. The second-order valence-corrected chi connectivity index (χ2v) is 20.3. The van der Waals surface area contributed by atoms with Gasteiger partial charge in [-0.05, 0) is 108 Å². The van der Waals surface area contributed by atoms with Crippen LogP contribution in [0.2, 0.25) is 0 Å². The van der Waals surface area contributed by atoms with Gasteiger partial charge in [0.05, 0.1) is 26.8 Å². The molecule has 0 aliphatic heterocycles. The highest BCUT2D eigenvalue weighted by molar-refractivity contribution is 7.25. The van der Waals surface area contributed by atoms with Crippen LogP contribution in [0, 0.1) is 0 Å². The lowest BCUT2D eigenvalue weighted by atomic mass is 9.91. The van der Waals surface area contributed by atoms with E-state index in [4.69, 9.17) is 15.0 Å². The van der Waals surface area contributed by atoms with Crippen molar-refractivity contribution in [2.45, 2.75) is 12.8 Å². The molecule has 0 fully saturated rings. The standard InChI is InChI=1S/C63H39N5S2/c1-4-15-38(16-5-1)61-64-62(39-17-6-2-7-18-39)66-63(65-61)41-28-33-56-51(36-41)52-37-43(29-34-57(52)69-56)67-53-25-12-11-22-46(53)50-35-40(27-32-55(50)67)44-23-14-24-48-49-31-30-47-45-21-10-13-26-54(45)68(42-19-8-3-9-20-42)58(47)60(49)70-59(44)48/h1-13,15-23,25-37H,14,24H2. The zero-order chi connectivity index (χ0) is 45.9. The van der Waals surface area contributed by atoms with Gasteiger partial charge in [-0.1, -0.05) is 140 Å². The van der Waals surface area contributed by atoms with Crippen LogP contribution in [0.4, 0.5) is 0 Å². The Morgan fingerprint density at radius 3 is 1.66 bits per heavy atom. The summed E-state index contributed by atoms with van der Waals surface area (Å²) >= 11 is 3.79. The molecule has 1 aliphatic rings. The third kappa shape index (κ3) is 6.05. The summed E-state index contributed by atoms with van der Waals surface area (Å²) in [6.07, 6.45) is 4.53. The number of para-hydroxylation sites is 3. The monoisotopic (exact) mass is 929 g/mol. The molecule has 5 nitrogen and oxygen atoms in total. The number of aromatic nitrogens is 5. The third-order valence-corrected chi connectivity index (χ3v) is 16.7. The van der Waals surface area contributed by atoms with Crippen LogP contribution in [-0.2, 0) is 6.42 Å². The lowest BCUT2D eigenvalue weighted by Gasteiger charge is -2.15. The van der Waals surface area contributed by atoms with Crippen molar-refractivity contribution in [2.75, 3.05) is 0 Å². The van der Waals surface area contributed by atoms with E-state index < -0.39 is 0 Å². The second-order valence-electron chi connectivity index (χ2n) is 18.2. The Hall–Kier alpha value is -8.49. The minimum Gasteiger partial charge on any atom is -0.309 e. The van der Waals surface area contributed by atoms with Crippen LogP contribution < -0.4 is 0 Å². The molecule has 0 N–H and O–H groups in total. The van der Waals surface area contributed by atoms with Gasteiger partial charge < -0.3 is 9.13 Å². The SMILES string of the molecule is C1=C(c2ccc3c(c2)c2ccccc2n3-c2ccc3sc4ccc(-c5nc(-c6ccccc6)nc(-c6ccccc6)n5)cc4c3c2)c2sc3c(ccc4c5ccccc5n(-c5ccccc5)c43)c2CC1. The summed E-state index contributed by atoms with van der Waals surface area (Å²) in [5, 5.41) is 8.88. The van der Waals surface area contributed by atoms with Gasteiger partial charge >= 0.3 is 0 Å². The van der Waals surface area contributed by atoms with E-state index in [-0.39, 0.29) is 0 Å². The molecule has 14 aromatic rings. The molecule has 0 saturated heterocycles. The number of allylic oxidation sites excluding steroid dienone is 1. The van der Waals surface area contributed by atoms with Crippen LogP contribution in [0.25, 0.3) is 125 Å². The fraction of sp³-hybridized carbons (Fsp3) is 0.0317. The van der Waals surface area contributed by atoms with Gasteiger partial charge in [0.1, 0.15) is 0 Å². The van der Waals surface area contributed by atoms with E-state index in [9.17, 15) is 0 Å². The Balaban J connectivity index is 0.859. The number of nitrogens with zero attached hydrogens (tertiary/aromatic N) is 5. The predicted octanol–water partition coefficient (Wildman–Crippen LogP) is 17.0. The first kappa shape index (κ1) is 39.5. The highest BCUT2D eigenvalue weighted by Gasteiger charge is 2.25. The summed E-state index contributed by atoms with van der Waals surface area (Å²) < 4.78 is 8.76. The van der Waals surface area contributed by atoms with Gasteiger partial charge in [0, 0.05) is 74.7 Å². The Labute approximate surface area is 410 Å². The van der Waals surface area contributed by atoms with Crippen molar-refractivity contribution < 1.29 is 0 Å². The van der Waals surface area contributed by atoms with Crippen molar-refractivity contribution in [3.05, 3.63) is 228 Å². The van der Waals surface area contributed by atoms with Crippen molar-refractivity contribution in [1.29, 1.82) is 0 Å². The first-order chi connectivity index (χ1) is 34.7. The van der Waals surface area contributed by atoms with E-state index in [1.54, 1.807) is 0 Å². The van der Waals surface area contributed by atoms with Crippen LogP contribution in [0.1, 0.15) is 22.4 Å². The molecule has 15 rings (SSSR count). The number of aryl methyl sites for hydroxylation is 1. The Kier molecular flexibility index (Phi) is 8.76. The maximum Gasteiger partial charge on any atom is 0.164 e. The fourth-order valence-corrected chi connectivity index (χ4v) is 13.6. The van der Waals surface area contributed by atoms with Gasteiger partial charge in [0.25, 0.3) is 0 Å². The van der Waals surface area contributed by atoms with E-state index >= 15 is 0 Å². The number of thiophene rings is 2. The number of fused-ring (bicyclic) bond motifs is 13. The van der Waals surface area contributed by atoms with E-state index in [2.05, 4.69) is 185 Å². The highest BCUT2D eigenvalue weighted by atomic mass is 32.1. The molecule has 0 bridgehead atoms. The number of rotatable bonds is 6. The highest BCUT2D eigenvalue weighted by Crippen LogP contribution is 2.48. The fourth-order valence-electron chi connectivity index (χ4n) is 11.1. The average Bonchev–Trinajstić information content (AvgIpc) is 4.19. The van der Waals surface area contributed by atoms with Gasteiger partial charge in [0.2, 0.25) is 0 Å². The topological polar surface area (TPSA) is 48.5 Å². The summed E-state index contributed by atoms with van der Waals surface area (Å²) in [6, 6.07) is 74.4. The van der Waals surface area contributed by atoms with Gasteiger partial charge in [0.15, 0.2) is 17.5 Å². The quantitative estimate of drug-likeness (QED) is 0.167. The number of hydrogen-bond acceptors (Lipinski definition) is 5. The molecule has 9 aromatic carbocycles. The van der Waals surface area contributed by atoms with E-state index in [1.165, 1.54) is 101 Å². The summed E-state index contributed by atoms with van der Waals surface area (Å²) in [6.45, 7) is 0. The molecule has 328 valence electrons. The number of benzene rings is 9. The van der Waals surface area contributed by atoms with Crippen molar-refractivity contribution in [1.82, 2.24) is 24.1 Å². The molecule has 0 spiro atoms. The predicted molar refractivity (Wildman–Crippen MR) is 295 cm³/mol. The zero-order valence-corrected chi connectivity index (χ0v) is 39.3. The lowest BCUT2D eigenvalue weighted by Crippen LogP contribution is -2.00. The summed E-state index contributed by atoms with van der Waals surface area (Å²) in [5.41, 5.74) is 14.2. The molecule has 0 unspecified atom stereocenters. The van der Waals surface area contributed by atoms with Crippen molar-refractivity contribution in [3.8, 4) is 45.5 Å². The van der Waals surface area contributed by atoms with Gasteiger partial charge in [-0.25, -0.2) is 15.0 Å². The van der Waals surface area contributed by atoms with Crippen LogP contribution in [0.3, 0.4) is 0 Å². The maximum atomic E-state index is 5.07.